The highest BCUT2D eigenvalue weighted by Gasteiger charge is 2.35. The third kappa shape index (κ3) is 7.46. The Hall–Kier alpha value is -3.06. The minimum absolute atomic E-state index is 0.242. The summed E-state index contributed by atoms with van der Waals surface area (Å²) in [6.45, 7) is 14.6. The highest BCUT2D eigenvalue weighted by atomic mass is 35.5. The van der Waals surface area contributed by atoms with E-state index in [9.17, 15) is 14.4 Å². The number of likely N-dealkylation sites (N-methyl/N-ethyl adjacent to an activating group) is 1. The van der Waals surface area contributed by atoms with Crippen molar-refractivity contribution in [2.75, 3.05) is 11.9 Å². The maximum Gasteiger partial charge on any atom is 0.408 e. The van der Waals surface area contributed by atoms with Crippen LogP contribution in [0.4, 0.5) is 10.5 Å². The van der Waals surface area contributed by atoms with Crippen LogP contribution in [0.3, 0.4) is 0 Å². The fourth-order valence-electron chi connectivity index (χ4n) is 3.83. The lowest BCUT2D eigenvalue weighted by Crippen LogP contribution is -2.51. The fourth-order valence-corrected chi connectivity index (χ4v) is 4.09. The van der Waals surface area contributed by atoms with Crippen molar-refractivity contribution in [3.63, 3.8) is 0 Å². The smallest absolute Gasteiger partial charge is 0.408 e. The molecule has 0 spiro atoms. The summed E-state index contributed by atoms with van der Waals surface area (Å²) < 4.78 is 5.29. The van der Waals surface area contributed by atoms with Gasteiger partial charge in [0, 0.05) is 6.54 Å². The Bertz CT molecular complexity index is 1070. The predicted octanol–water partition coefficient (Wildman–Crippen LogP) is 5.71. The van der Waals surface area contributed by atoms with Crippen LogP contribution in [-0.4, -0.2) is 41.0 Å². The Kier molecular flexibility index (Phi) is 9.32. The number of ether oxygens (including phenoxy) is 1. The summed E-state index contributed by atoms with van der Waals surface area (Å²) >= 11 is 6.36. The van der Waals surface area contributed by atoms with E-state index in [1.807, 2.05) is 45.0 Å². The zero-order valence-corrected chi connectivity index (χ0v) is 22.5. The molecule has 2 aromatic rings. The van der Waals surface area contributed by atoms with Gasteiger partial charge in [-0.05, 0) is 78.1 Å². The van der Waals surface area contributed by atoms with Crippen LogP contribution in [0.15, 0.2) is 36.4 Å². The molecule has 35 heavy (non-hydrogen) atoms. The molecule has 0 aliphatic heterocycles. The fraction of sp³-hybridized carbons (Fsp3) is 0.444. The number of hydrogen-bond acceptors (Lipinski definition) is 4. The van der Waals surface area contributed by atoms with Gasteiger partial charge in [0.05, 0.1) is 10.7 Å². The molecule has 2 atom stereocenters. The SMILES string of the molecule is CCN(C(=O)C(C)NC(=O)OC(C)(C)C)C(C(=O)Nc1c(C)cccc1Cl)c1ccc(C)cc1C. The van der Waals surface area contributed by atoms with Crippen LogP contribution < -0.4 is 10.6 Å². The molecule has 2 rings (SSSR count). The molecule has 2 unspecified atom stereocenters. The Morgan fingerprint density at radius 1 is 1.06 bits per heavy atom. The second-order valence-electron chi connectivity index (χ2n) is 9.68. The van der Waals surface area contributed by atoms with Crippen molar-refractivity contribution in [2.24, 2.45) is 0 Å². The summed E-state index contributed by atoms with van der Waals surface area (Å²) in [4.78, 5) is 41.0. The van der Waals surface area contributed by atoms with E-state index < -0.39 is 35.6 Å². The van der Waals surface area contributed by atoms with E-state index in [-0.39, 0.29) is 6.54 Å². The number of nitrogens with zero attached hydrogens (tertiary/aromatic N) is 1. The number of nitrogens with one attached hydrogen (secondary N) is 2. The van der Waals surface area contributed by atoms with Crippen LogP contribution in [-0.2, 0) is 14.3 Å². The van der Waals surface area contributed by atoms with Crippen molar-refractivity contribution in [1.82, 2.24) is 10.2 Å². The number of rotatable bonds is 7. The molecule has 0 fully saturated rings. The first kappa shape index (κ1) is 28.2. The lowest BCUT2D eigenvalue weighted by atomic mass is 9.96. The number of anilines is 1. The van der Waals surface area contributed by atoms with Gasteiger partial charge in [0.25, 0.3) is 5.91 Å². The van der Waals surface area contributed by atoms with Gasteiger partial charge in [0.15, 0.2) is 0 Å². The third-order valence-electron chi connectivity index (χ3n) is 5.48. The Morgan fingerprint density at radius 2 is 1.71 bits per heavy atom. The Balaban J connectivity index is 2.44. The van der Waals surface area contributed by atoms with Gasteiger partial charge in [-0.25, -0.2) is 4.79 Å². The standard InChI is InChI=1S/C27H36ClN3O4/c1-9-31(25(33)19(5)29-26(34)35-27(6,7)8)23(20-14-13-16(2)15-18(20)4)24(32)30-22-17(3)11-10-12-21(22)28/h10-15,19,23H,9H2,1-8H3,(H,29,34)(H,30,32). The molecule has 0 saturated heterocycles. The highest BCUT2D eigenvalue weighted by molar-refractivity contribution is 6.34. The molecule has 7 nitrogen and oxygen atoms in total. The molecule has 2 aromatic carbocycles. The number of amides is 3. The lowest BCUT2D eigenvalue weighted by molar-refractivity contribution is -0.140. The largest absolute Gasteiger partial charge is 0.444 e. The first-order chi connectivity index (χ1) is 16.2. The van der Waals surface area contributed by atoms with Crippen molar-refractivity contribution in [1.29, 1.82) is 0 Å². The lowest BCUT2D eigenvalue weighted by Gasteiger charge is -2.33. The summed E-state index contributed by atoms with van der Waals surface area (Å²) in [6.07, 6.45) is -0.700. The second-order valence-corrected chi connectivity index (χ2v) is 10.1. The molecule has 0 aromatic heterocycles. The monoisotopic (exact) mass is 501 g/mol. The molecule has 0 aliphatic carbocycles. The summed E-state index contributed by atoms with van der Waals surface area (Å²) in [6, 6.07) is 9.24. The van der Waals surface area contributed by atoms with Crippen molar-refractivity contribution >= 4 is 35.2 Å². The van der Waals surface area contributed by atoms with Gasteiger partial charge in [0.1, 0.15) is 17.7 Å². The van der Waals surface area contributed by atoms with Gasteiger partial charge in [0.2, 0.25) is 5.91 Å². The molecule has 0 bridgehead atoms. The van der Waals surface area contributed by atoms with Crippen molar-refractivity contribution < 1.29 is 19.1 Å². The molecule has 190 valence electrons. The zero-order chi connectivity index (χ0) is 26.5. The number of hydrogen-bond donors (Lipinski definition) is 2. The molecule has 3 amide bonds. The summed E-state index contributed by atoms with van der Waals surface area (Å²) in [5, 5.41) is 5.91. The van der Waals surface area contributed by atoms with Gasteiger partial charge in [-0.3, -0.25) is 9.59 Å². The second kappa shape index (κ2) is 11.6. The molecule has 0 saturated carbocycles. The molecule has 0 radical (unpaired) electrons. The van der Waals surface area contributed by atoms with Gasteiger partial charge >= 0.3 is 6.09 Å². The number of benzene rings is 2. The first-order valence-corrected chi connectivity index (χ1v) is 12.1. The molecule has 0 aliphatic rings. The maximum absolute atomic E-state index is 13.7. The van der Waals surface area contributed by atoms with Crippen LogP contribution in [0.1, 0.15) is 62.9 Å². The van der Waals surface area contributed by atoms with Crippen LogP contribution in [0.5, 0.6) is 0 Å². The Morgan fingerprint density at radius 3 is 2.26 bits per heavy atom. The summed E-state index contributed by atoms with van der Waals surface area (Å²) in [5.41, 5.74) is 3.21. The number of carbonyl (C=O) groups is 3. The average molecular weight is 502 g/mol. The van der Waals surface area contributed by atoms with E-state index in [1.165, 1.54) is 4.90 Å². The quantitative estimate of drug-likeness (QED) is 0.509. The number of alkyl carbamates (subject to hydrolysis) is 1. The normalized spacial score (nSPS) is 12.9. The number of para-hydroxylation sites is 1. The van der Waals surface area contributed by atoms with E-state index in [0.29, 0.717) is 16.3 Å². The van der Waals surface area contributed by atoms with E-state index in [0.717, 1.165) is 16.7 Å². The third-order valence-corrected chi connectivity index (χ3v) is 5.79. The van der Waals surface area contributed by atoms with Gasteiger partial charge in [-0.1, -0.05) is 47.5 Å². The van der Waals surface area contributed by atoms with Crippen molar-refractivity contribution in [2.45, 2.75) is 73.1 Å². The van der Waals surface area contributed by atoms with Crippen LogP contribution >= 0.6 is 11.6 Å². The molecule has 2 N–H and O–H groups in total. The first-order valence-electron chi connectivity index (χ1n) is 11.7. The number of halogens is 1. The van der Waals surface area contributed by atoms with E-state index in [1.54, 1.807) is 46.8 Å². The average Bonchev–Trinajstić information content (AvgIpc) is 2.73. The minimum Gasteiger partial charge on any atom is -0.444 e. The van der Waals surface area contributed by atoms with E-state index >= 15 is 0 Å². The van der Waals surface area contributed by atoms with Crippen molar-refractivity contribution in [3.05, 3.63) is 63.7 Å². The van der Waals surface area contributed by atoms with Gasteiger partial charge in [-0.15, -0.1) is 0 Å². The topological polar surface area (TPSA) is 87.7 Å². The van der Waals surface area contributed by atoms with Crippen LogP contribution in [0.2, 0.25) is 5.02 Å². The van der Waals surface area contributed by atoms with Crippen molar-refractivity contribution in [3.8, 4) is 0 Å². The number of carbonyl (C=O) groups excluding carboxylic acids is 3. The minimum atomic E-state index is -0.938. The molecular formula is C27H36ClN3O4. The molecular weight excluding hydrogens is 466 g/mol. The van der Waals surface area contributed by atoms with E-state index in [2.05, 4.69) is 10.6 Å². The molecule has 8 heteroatoms. The predicted molar refractivity (Wildman–Crippen MR) is 140 cm³/mol. The van der Waals surface area contributed by atoms with Crippen LogP contribution in [0, 0.1) is 20.8 Å². The van der Waals surface area contributed by atoms with Crippen LogP contribution in [0.25, 0.3) is 0 Å². The maximum atomic E-state index is 13.7. The summed E-state index contributed by atoms with van der Waals surface area (Å²) in [7, 11) is 0. The molecule has 0 heterocycles. The Labute approximate surface area is 213 Å². The number of aryl methyl sites for hydroxylation is 3. The van der Waals surface area contributed by atoms with Gasteiger partial charge in [-0.2, -0.15) is 0 Å². The van der Waals surface area contributed by atoms with E-state index in [4.69, 9.17) is 16.3 Å². The zero-order valence-electron chi connectivity index (χ0n) is 21.8. The highest BCUT2D eigenvalue weighted by Crippen LogP contribution is 2.30. The van der Waals surface area contributed by atoms with Gasteiger partial charge < -0.3 is 20.3 Å². The summed E-state index contributed by atoms with van der Waals surface area (Å²) in [5.74, 6) is -0.804.